The predicted molar refractivity (Wildman–Crippen MR) is 83.9 cm³/mol. The second-order valence-electron chi connectivity index (χ2n) is 4.50. The highest BCUT2D eigenvalue weighted by Crippen LogP contribution is 2.40. The smallest absolute Gasteiger partial charge is 0.151 e. The number of hydrogen-bond donors (Lipinski definition) is 0. The average Bonchev–Trinajstić information content (AvgIpc) is 2.84. The summed E-state index contributed by atoms with van der Waals surface area (Å²) in [5.41, 5.74) is 1.70. The van der Waals surface area contributed by atoms with Crippen molar-refractivity contribution in [2.24, 2.45) is 0 Å². The van der Waals surface area contributed by atoms with Crippen LogP contribution in [0.1, 0.15) is 0 Å². The van der Waals surface area contributed by atoms with Gasteiger partial charge < -0.3 is 4.42 Å². The van der Waals surface area contributed by atoms with Gasteiger partial charge in [-0.25, -0.2) is 0 Å². The fourth-order valence-electron chi connectivity index (χ4n) is 2.54. The lowest BCUT2D eigenvalue weighted by molar-refractivity contribution is 0.670. The highest BCUT2D eigenvalue weighted by molar-refractivity contribution is 9.10. The molecule has 0 unspecified atom stereocenters. The van der Waals surface area contributed by atoms with Crippen molar-refractivity contribution in [1.29, 1.82) is 0 Å². The van der Waals surface area contributed by atoms with Gasteiger partial charge >= 0.3 is 0 Å². The Hall–Kier alpha value is -1.51. The molecule has 0 atom stereocenters. The lowest BCUT2D eigenvalue weighted by Gasteiger charge is -1.97. The molecule has 0 saturated heterocycles. The molecule has 0 fully saturated rings. The van der Waals surface area contributed by atoms with Crippen molar-refractivity contribution in [3.63, 3.8) is 0 Å². The molecule has 0 aliphatic rings. The molecular formula is C16H8BrClO. The third-order valence-corrected chi connectivity index (χ3v) is 4.35. The molecule has 1 aromatic heterocycles. The van der Waals surface area contributed by atoms with Crippen LogP contribution in [0.4, 0.5) is 0 Å². The van der Waals surface area contributed by atoms with Gasteiger partial charge in [-0.05, 0) is 39.5 Å². The van der Waals surface area contributed by atoms with Crippen molar-refractivity contribution in [1.82, 2.24) is 0 Å². The first kappa shape index (κ1) is 11.3. The summed E-state index contributed by atoms with van der Waals surface area (Å²) in [4.78, 5) is 0. The molecule has 1 heterocycles. The van der Waals surface area contributed by atoms with Crippen LogP contribution in [0.3, 0.4) is 0 Å². The van der Waals surface area contributed by atoms with Crippen molar-refractivity contribution in [3.8, 4) is 0 Å². The van der Waals surface area contributed by atoms with Crippen molar-refractivity contribution in [3.05, 3.63) is 58.0 Å². The molecule has 4 aromatic rings. The van der Waals surface area contributed by atoms with Gasteiger partial charge in [0.05, 0.1) is 9.50 Å². The minimum absolute atomic E-state index is 0.715. The Kier molecular flexibility index (Phi) is 2.38. The molecule has 19 heavy (non-hydrogen) atoms. The average molecular weight is 332 g/mol. The SMILES string of the molecule is Clc1ccc(Br)c2oc3c4ccccc4ccc3c12. The number of halogens is 2. The van der Waals surface area contributed by atoms with Crippen molar-refractivity contribution in [2.75, 3.05) is 0 Å². The molecule has 0 radical (unpaired) electrons. The van der Waals surface area contributed by atoms with Crippen LogP contribution in [0.2, 0.25) is 5.02 Å². The van der Waals surface area contributed by atoms with Crippen molar-refractivity contribution < 1.29 is 4.42 Å². The van der Waals surface area contributed by atoms with Crippen LogP contribution in [-0.2, 0) is 0 Å². The normalized spacial score (nSPS) is 11.7. The van der Waals surface area contributed by atoms with Gasteiger partial charge in [-0.2, -0.15) is 0 Å². The molecule has 4 rings (SSSR count). The summed E-state index contributed by atoms with van der Waals surface area (Å²) in [6, 6.07) is 16.2. The Morgan fingerprint density at radius 1 is 0.842 bits per heavy atom. The van der Waals surface area contributed by atoms with Gasteiger partial charge in [0.25, 0.3) is 0 Å². The van der Waals surface area contributed by atoms with E-state index in [1.807, 2.05) is 24.3 Å². The van der Waals surface area contributed by atoms with Crippen LogP contribution in [0.25, 0.3) is 32.7 Å². The molecule has 0 aliphatic carbocycles. The highest BCUT2D eigenvalue weighted by Gasteiger charge is 2.14. The summed E-state index contributed by atoms with van der Waals surface area (Å²) in [5, 5.41) is 5.02. The minimum Gasteiger partial charge on any atom is -0.454 e. The fourth-order valence-corrected chi connectivity index (χ4v) is 3.20. The van der Waals surface area contributed by atoms with E-state index in [4.69, 9.17) is 16.0 Å². The van der Waals surface area contributed by atoms with Gasteiger partial charge in [-0.15, -0.1) is 0 Å². The quantitative estimate of drug-likeness (QED) is 0.376. The molecular weight excluding hydrogens is 324 g/mol. The van der Waals surface area contributed by atoms with Crippen LogP contribution in [0, 0.1) is 0 Å². The van der Waals surface area contributed by atoms with Gasteiger partial charge in [0.1, 0.15) is 5.58 Å². The third-order valence-electron chi connectivity index (χ3n) is 3.41. The number of fused-ring (bicyclic) bond motifs is 5. The summed E-state index contributed by atoms with van der Waals surface area (Å²) in [5.74, 6) is 0. The lowest BCUT2D eigenvalue weighted by atomic mass is 10.1. The Morgan fingerprint density at radius 2 is 1.68 bits per heavy atom. The molecule has 3 heteroatoms. The van der Waals surface area contributed by atoms with Gasteiger partial charge in [0, 0.05) is 16.2 Å². The van der Waals surface area contributed by atoms with E-state index in [0.717, 1.165) is 31.8 Å². The molecule has 0 saturated carbocycles. The fraction of sp³-hybridized carbons (Fsp3) is 0. The maximum absolute atomic E-state index is 6.32. The number of rotatable bonds is 0. The van der Waals surface area contributed by atoms with E-state index in [9.17, 15) is 0 Å². The van der Waals surface area contributed by atoms with E-state index in [0.29, 0.717) is 5.02 Å². The van der Waals surface area contributed by atoms with Crippen LogP contribution in [-0.4, -0.2) is 0 Å². The number of furan rings is 1. The maximum atomic E-state index is 6.32. The zero-order chi connectivity index (χ0) is 13.0. The molecule has 0 spiro atoms. The van der Waals surface area contributed by atoms with Crippen molar-refractivity contribution in [2.45, 2.75) is 0 Å². The van der Waals surface area contributed by atoms with E-state index in [-0.39, 0.29) is 0 Å². The lowest BCUT2D eigenvalue weighted by Crippen LogP contribution is -1.73. The van der Waals surface area contributed by atoms with E-state index < -0.39 is 0 Å². The van der Waals surface area contributed by atoms with E-state index in [1.54, 1.807) is 0 Å². The monoisotopic (exact) mass is 330 g/mol. The van der Waals surface area contributed by atoms with Crippen LogP contribution in [0.15, 0.2) is 57.4 Å². The minimum atomic E-state index is 0.715. The summed E-state index contributed by atoms with van der Waals surface area (Å²) in [6.45, 7) is 0. The van der Waals surface area contributed by atoms with E-state index in [2.05, 4.69) is 40.2 Å². The van der Waals surface area contributed by atoms with Crippen molar-refractivity contribution >= 4 is 60.2 Å². The molecule has 3 aromatic carbocycles. The molecule has 0 bridgehead atoms. The summed E-state index contributed by atoms with van der Waals surface area (Å²) in [6.07, 6.45) is 0. The zero-order valence-electron chi connectivity index (χ0n) is 9.78. The largest absolute Gasteiger partial charge is 0.454 e. The van der Waals surface area contributed by atoms with E-state index in [1.165, 1.54) is 5.39 Å². The standard InChI is InChI=1S/C16H8BrClO/c17-12-7-8-13(18)14-11-6-5-9-3-1-2-4-10(9)15(11)19-16(12)14/h1-8H. The van der Waals surface area contributed by atoms with Gasteiger partial charge in [-0.1, -0.05) is 41.9 Å². The maximum Gasteiger partial charge on any atom is 0.151 e. The summed E-state index contributed by atoms with van der Waals surface area (Å²) < 4.78 is 6.97. The van der Waals surface area contributed by atoms with Gasteiger partial charge in [0.15, 0.2) is 5.58 Å². The molecule has 0 amide bonds. The number of hydrogen-bond acceptors (Lipinski definition) is 1. The molecule has 0 aliphatic heterocycles. The zero-order valence-corrected chi connectivity index (χ0v) is 12.1. The van der Waals surface area contributed by atoms with Gasteiger partial charge in [0.2, 0.25) is 0 Å². The summed E-state index contributed by atoms with van der Waals surface area (Å²) >= 11 is 9.84. The van der Waals surface area contributed by atoms with E-state index >= 15 is 0 Å². The Labute approximate surface area is 122 Å². The molecule has 92 valence electrons. The topological polar surface area (TPSA) is 13.1 Å². The van der Waals surface area contributed by atoms with Crippen LogP contribution in [0.5, 0.6) is 0 Å². The Morgan fingerprint density at radius 3 is 2.58 bits per heavy atom. The first-order valence-electron chi connectivity index (χ1n) is 5.93. The second-order valence-corrected chi connectivity index (χ2v) is 5.76. The highest BCUT2D eigenvalue weighted by atomic mass is 79.9. The first-order chi connectivity index (χ1) is 9.25. The molecule has 1 nitrogen and oxygen atoms in total. The number of benzene rings is 3. The Bertz CT molecular complexity index is 940. The molecule has 0 N–H and O–H groups in total. The first-order valence-corrected chi connectivity index (χ1v) is 7.11. The van der Waals surface area contributed by atoms with Crippen LogP contribution < -0.4 is 0 Å². The predicted octanol–water partition coefficient (Wildman–Crippen LogP) is 6.16. The second kappa shape index (κ2) is 3.99. The summed E-state index contributed by atoms with van der Waals surface area (Å²) in [7, 11) is 0. The third kappa shape index (κ3) is 1.54. The van der Waals surface area contributed by atoms with Gasteiger partial charge in [-0.3, -0.25) is 0 Å². The van der Waals surface area contributed by atoms with Crippen LogP contribution >= 0.6 is 27.5 Å². The Balaban J connectivity index is 2.35.